The maximum absolute atomic E-state index is 6.29. The Bertz CT molecular complexity index is 701. The van der Waals surface area contributed by atoms with Crippen LogP contribution < -0.4 is 15.2 Å². The Hall–Kier alpha value is -1.71. The molecule has 0 fully saturated rings. The van der Waals surface area contributed by atoms with E-state index >= 15 is 0 Å². The summed E-state index contributed by atoms with van der Waals surface area (Å²) < 4.78 is 11.7. The van der Waals surface area contributed by atoms with Crippen molar-refractivity contribution in [1.82, 2.24) is 0 Å². The van der Waals surface area contributed by atoms with Crippen LogP contribution in [0.3, 0.4) is 0 Å². The Labute approximate surface area is 128 Å². The first-order valence-electron chi connectivity index (χ1n) is 7.18. The molecule has 3 nitrogen and oxygen atoms in total. The van der Waals surface area contributed by atoms with Gasteiger partial charge in [0, 0.05) is 29.5 Å². The summed E-state index contributed by atoms with van der Waals surface area (Å²) in [5.74, 6) is 1.82. The third-order valence-electron chi connectivity index (χ3n) is 4.19. The molecular formula is C17H16ClNO2. The lowest BCUT2D eigenvalue weighted by Gasteiger charge is -2.31. The van der Waals surface area contributed by atoms with E-state index in [1.54, 1.807) is 0 Å². The predicted molar refractivity (Wildman–Crippen MR) is 82.0 cm³/mol. The van der Waals surface area contributed by atoms with Crippen molar-refractivity contribution < 1.29 is 9.47 Å². The van der Waals surface area contributed by atoms with Crippen LogP contribution in [-0.2, 0) is 6.42 Å². The molecule has 0 bridgehead atoms. The first kappa shape index (κ1) is 13.0. The highest BCUT2D eigenvalue weighted by Crippen LogP contribution is 2.41. The van der Waals surface area contributed by atoms with Crippen LogP contribution >= 0.6 is 11.6 Å². The fourth-order valence-electron chi connectivity index (χ4n) is 3.09. The fraction of sp³-hybridized carbons (Fsp3) is 0.294. The van der Waals surface area contributed by atoms with E-state index < -0.39 is 0 Å². The first-order chi connectivity index (χ1) is 10.2. The van der Waals surface area contributed by atoms with Crippen molar-refractivity contribution in [3.8, 4) is 11.5 Å². The monoisotopic (exact) mass is 301 g/mol. The zero-order chi connectivity index (χ0) is 14.4. The van der Waals surface area contributed by atoms with Gasteiger partial charge in [0.25, 0.3) is 0 Å². The van der Waals surface area contributed by atoms with E-state index in [0.717, 1.165) is 42.1 Å². The minimum atomic E-state index is -0.0537. The molecule has 2 unspecified atom stereocenters. The Morgan fingerprint density at radius 1 is 1.10 bits per heavy atom. The molecule has 2 aromatic rings. The summed E-state index contributed by atoms with van der Waals surface area (Å²) in [6.07, 6.45) is 1.71. The summed E-state index contributed by atoms with van der Waals surface area (Å²) in [5.41, 5.74) is 9.70. The van der Waals surface area contributed by atoms with E-state index in [2.05, 4.69) is 12.1 Å². The SMILES string of the molecule is NC1CC(c2ccc3c(c2)CCO3)Oc2ccc(Cl)cc21. The van der Waals surface area contributed by atoms with E-state index in [-0.39, 0.29) is 12.1 Å². The molecule has 0 saturated carbocycles. The highest BCUT2D eigenvalue weighted by atomic mass is 35.5. The van der Waals surface area contributed by atoms with Crippen molar-refractivity contribution in [2.45, 2.75) is 25.0 Å². The zero-order valence-corrected chi connectivity index (χ0v) is 12.3. The van der Waals surface area contributed by atoms with Gasteiger partial charge >= 0.3 is 0 Å². The van der Waals surface area contributed by atoms with Crippen molar-refractivity contribution in [2.75, 3.05) is 6.61 Å². The fourth-order valence-corrected chi connectivity index (χ4v) is 3.27. The smallest absolute Gasteiger partial charge is 0.126 e. The Balaban J connectivity index is 1.67. The molecule has 2 aromatic carbocycles. The highest BCUT2D eigenvalue weighted by molar-refractivity contribution is 6.30. The average molecular weight is 302 g/mol. The standard InChI is InChI=1S/C17H16ClNO2/c18-12-2-4-16-13(8-12)14(19)9-17(21-16)10-1-3-15-11(7-10)5-6-20-15/h1-4,7-8,14,17H,5-6,9,19H2. The van der Waals surface area contributed by atoms with Gasteiger partial charge in [-0.1, -0.05) is 17.7 Å². The first-order valence-corrected chi connectivity index (χ1v) is 7.56. The summed E-state index contributed by atoms with van der Waals surface area (Å²) in [6.45, 7) is 0.769. The van der Waals surface area contributed by atoms with Gasteiger partial charge < -0.3 is 15.2 Å². The molecule has 0 aliphatic carbocycles. The molecule has 2 aliphatic rings. The van der Waals surface area contributed by atoms with E-state index in [9.17, 15) is 0 Å². The van der Waals surface area contributed by atoms with Crippen LogP contribution in [0.2, 0.25) is 5.02 Å². The van der Waals surface area contributed by atoms with Gasteiger partial charge in [-0.2, -0.15) is 0 Å². The molecule has 0 aromatic heterocycles. The van der Waals surface area contributed by atoms with Crippen LogP contribution in [0, 0.1) is 0 Å². The molecule has 2 N–H and O–H groups in total. The summed E-state index contributed by atoms with van der Waals surface area (Å²) in [6, 6.07) is 11.9. The van der Waals surface area contributed by atoms with Crippen LogP contribution in [0.25, 0.3) is 0 Å². The van der Waals surface area contributed by atoms with E-state index in [4.69, 9.17) is 26.8 Å². The lowest BCUT2D eigenvalue weighted by Crippen LogP contribution is -2.24. The van der Waals surface area contributed by atoms with Gasteiger partial charge in [-0.3, -0.25) is 0 Å². The topological polar surface area (TPSA) is 44.5 Å². The number of fused-ring (bicyclic) bond motifs is 2. The quantitative estimate of drug-likeness (QED) is 0.871. The maximum atomic E-state index is 6.29. The lowest BCUT2D eigenvalue weighted by molar-refractivity contribution is 0.161. The van der Waals surface area contributed by atoms with Crippen molar-refractivity contribution in [1.29, 1.82) is 0 Å². The number of hydrogen-bond donors (Lipinski definition) is 1. The van der Waals surface area contributed by atoms with Crippen LogP contribution in [0.5, 0.6) is 11.5 Å². The molecule has 4 heteroatoms. The maximum Gasteiger partial charge on any atom is 0.126 e. The summed E-state index contributed by atoms with van der Waals surface area (Å²) in [7, 11) is 0. The van der Waals surface area contributed by atoms with E-state index in [1.807, 2.05) is 24.3 Å². The molecular weight excluding hydrogens is 286 g/mol. The molecule has 2 aliphatic heterocycles. The Morgan fingerprint density at radius 3 is 2.86 bits per heavy atom. The number of rotatable bonds is 1. The van der Waals surface area contributed by atoms with Crippen molar-refractivity contribution in [3.05, 3.63) is 58.1 Å². The van der Waals surface area contributed by atoms with Crippen LogP contribution in [0.4, 0.5) is 0 Å². The molecule has 4 rings (SSSR count). The van der Waals surface area contributed by atoms with Crippen molar-refractivity contribution in [2.24, 2.45) is 5.73 Å². The van der Waals surface area contributed by atoms with Gasteiger partial charge in [0.1, 0.15) is 17.6 Å². The molecule has 21 heavy (non-hydrogen) atoms. The number of ether oxygens (including phenoxy) is 2. The average Bonchev–Trinajstić information content (AvgIpc) is 2.95. The van der Waals surface area contributed by atoms with Gasteiger partial charge in [-0.05, 0) is 41.5 Å². The van der Waals surface area contributed by atoms with Gasteiger partial charge in [0.15, 0.2) is 0 Å². The van der Waals surface area contributed by atoms with Crippen molar-refractivity contribution >= 4 is 11.6 Å². The summed E-state index contributed by atoms with van der Waals surface area (Å²) in [5, 5.41) is 0.695. The van der Waals surface area contributed by atoms with Gasteiger partial charge in [-0.25, -0.2) is 0 Å². The molecule has 2 heterocycles. The third-order valence-corrected chi connectivity index (χ3v) is 4.43. The third kappa shape index (κ3) is 2.27. The highest BCUT2D eigenvalue weighted by Gasteiger charge is 2.28. The molecule has 108 valence electrons. The second kappa shape index (κ2) is 4.93. The van der Waals surface area contributed by atoms with Crippen LogP contribution in [-0.4, -0.2) is 6.61 Å². The Kier molecular flexibility index (Phi) is 3.05. The van der Waals surface area contributed by atoms with E-state index in [1.165, 1.54) is 5.56 Å². The van der Waals surface area contributed by atoms with Gasteiger partial charge in [-0.15, -0.1) is 0 Å². The lowest BCUT2D eigenvalue weighted by atomic mass is 9.92. The number of benzene rings is 2. The molecule has 2 atom stereocenters. The molecule has 0 radical (unpaired) electrons. The molecule has 0 spiro atoms. The number of halogens is 1. The second-order valence-corrected chi connectivity index (χ2v) is 6.03. The second-order valence-electron chi connectivity index (χ2n) is 5.60. The summed E-state index contributed by atoms with van der Waals surface area (Å²) >= 11 is 6.03. The van der Waals surface area contributed by atoms with Crippen LogP contribution in [0.15, 0.2) is 36.4 Å². The Morgan fingerprint density at radius 2 is 1.95 bits per heavy atom. The minimum Gasteiger partial charge on any atom is -0.493 e. The van der Waals surface area contributed by atoms with E-state index in [0.29, 0.717) is 5.02 Å². The van der Waals surface area contributed by atoms with Crippen molar-refractivity contribution in [3.63, 3.8) is 0 Å². The van der Waals surface area contributed by atoms with Crippen LogP contribution in [0.1, 0.15) is 35.3 Å². The minimum absolute atomic E-state index is 0.0143. The van der Waals surface area contributed by atoms with Gasteiger partial charge in [0.2, 0.25) is 0 Å². The molecule has 0 saturated heterocycles. The normalized spacial score (nSPS) is 23.0. The molecule has 0 amide bonds. The predicted octanol–water partition coefficient (Wildman–Crippen LogP) is 3.80. The largest absolute Gasteiger partial charge is 0.493 e. The summed E-state index contributed by atoms with van der Waals surface area (Å²) in [4.78, 5) is 0. The van der Waals surface area contributed by atoms with Gasteiger partial charge in [0.05, 0.1) is 6.61 Å². The zero-order valence-electron chi connectivity index (χ0n) is 11.5. The number of hydrogen-bond acceptors (Lipinski definition) is 3. The number of nitrogens with two attached hydrogens (primary N) is 1.